The summed E-state index contributed by atoms with van der Waals surface area (Å²) in [5.74, 6) is 0.220. The van der Waals surface area contributed by atoms with Gasteiger partial charge < -0.3 is 19.5 Å². The van der Waals surface area contributed by atoms with Crippen LogP contribution in [0.25, 0.3) is 6.08 Å². The molecule has 0 aliphatic heterocycles. The summed E-state index contributed by atoms with van der Waals surface area (Å²) in [7, 11) is 1.47. The van der Waals surface area contributed by atoms with E-state index in [-0.39, 0.29) is 30.7 Å². The Morgan fingerprint density at radius 1 is 1.33 bits per heavy atom. The van der Waals surface area contributed by atoms with Gasteiger partial charge in [0, 0.05) is 6.04 Å². The highest BCUT2D eigenvalue weighted by atomic mass is 79.9. The first kappa shape index (κ1) is 23.7. The van der Waals surface area contributed by atoms with Gasteiger partial charge in [-0.2, -0.15) is 5.26 Å². The standard InChI is InChI=1S/C22H27BrN2O5/c1-4-29-20(26)13-30-21-17(23)10-15(11-19(21)28-3)9-16(12-24)22(27)25-18-8-6-5-7-14(18)2/h9-11,14,18H,4-8,13H2,1-3H3,(H,25,27)/b16-9+/t14-,18+/m1/s1. The van der Waals surface area contributed by atoms with Crippen LogP contribution in [-0.4, -0.2) is 38.2 Å². The molecule has 1 aromatic carbocycles. The van der Waals surface area contributed by atoms with Crippen molar-refractivity contribution in [2.45, 2.75) is 45.6 Å². The van der Waals surface area contributed by atoms with Crippen molar-refractivity contribution >= 4 is 33.9 Å². The van der Waals surface area contributed by atoms with Crippen molar-refractivity contribution in [2.24, 2.45) is 5.92 Å². The number of benzene rings is 1. The summed E-state index contributed by atoms with van der Waals surface area (Å²) in [6, 6.07) is 5.40. The van der Waals surface area contributed by atoms with Gasteiger partial charge in [0.15, 0.2) is 18.1 Å². The van der Waals surface area contributed by atoms with Crippen LogP contribution in [0, 0.1) is 17.2 Å². The van der Waals surface area contributed by atoms with Gasteiger partial charge in [0.05, 0.1) is 18.2 Å². The highest BCUT2D eigenvalue weighted by molar-refractivity contribution is 9.10. The summed E-state index contributed by atoms with van der Waals surface area (Å²) < 4.78 is 16.2. The molecule has 1 aliphatic carbocycles. The third kappa shape index (κ3) is 6.49. The fourth-order valence-corrected chi connectivity index (χ4v) is 3.96. The predicted molar refractivity (Wildman–Crippen MR) is 116 cm³/mol. The van der Waals surface area contributed by atoms with Crippen molar-refractivity contribution in [1.82, 2.24) is 5.32 Å². The Morgan fingerprint density at radius 2 is 2.07 bits per heavy atom. The molecular weight excluding hydrogens is 452 g/mol. The maximum Gasteiger partial charge on any atom is 0.344 e. The minimum atomic E-state index is -0.490. The van der Waals surface area contributed by atoms with E-state index < -0.39 is 5.97 Å². The molecule has 1 amide bonds. The number of carbonyl (C=O) groups is 2. The van der Waals surface area contributed by atoms with Gasteiger partial charge in [-0.05, 0) is 65.4 Å². The highest BCUT2D eigenvalue weighted by Gasteiger charge is 2.24. The second kappa shape index (κ2) is 11.6. The Kier molecular flexibility index (Phi) is 9.18. The molecule has 1 saturated carbocycles. The number of carbonyl (C=O) groups excluding carboxylic acids is 2. The van der Waals surface area contributed by atoms with Gasteiger partial charge in [0.2, 0.25) is 0 Å². The van der Waals surface area contributed by atoms with E-state index in [4.69, 9.17) is 14.2 Å². The molecule has 2 atom stereocenters. The van der Waals surface area contributed by atoms with Crippen LogP contribution in [0.3, 0.4) is 0 Å². The Hall–Kier alpha value is -2.53. The van der Waals surface area contributed by atoms with Gasteiger partial charge >= 0.3 is 5.97 Å². The Labute approximate surface area is 185 Å². The quantitative estimate of drug-likeness (QED) is 0.344. The molecule has 1 aliphatic rings. The fraction of sp³-hybridized carbons (Fsp3) is 0.500. The van der Waals surface area contributed by atoms with Gasteiger partial charge in [-0.1, -0.05) is 19.8 Å². The largest absolute Gasteiger partial charge is 0.493 e. The molecule has 2 rings (SSSR count). The molecule has 0 spiro atoms. The molecule has 162 valence electrons. The number of nitrogens with zero attached hydrogens (tertiary/aromatic N) is 1. The normalized spacial score (nSPS) is 18.8. The highest BCUT2D eigenvalue weighted by Crippen LogP contribution is 2.37. The number of methoxy groups -OCH3 is 1. The van der Waals surface area contributed by atoms with Crippen molar-refractivity contribution in [2.75, 3.05) is 20.3 Å². The molecule has 1 fully saturated rings. The first-order chi connectivity index (χ1) is 14.4. The van der Waals surface area contributed by atoms with Crippen molar-refractivity contribution in [1.29, 1.82) is 5.26 Å². The van der Waals surface area contributed by atoms with E-state index in [0.29, 0.717) is 27.5 Å². The van der Waals surface area contributed by atoms with Gasteiger partial charge in [-0.15, -0.1) is 0 Å². The predicted octanol–water partition coefficient (Wildman–Crippen LogP) is 4.00. The van der Waals surface area contributed by atoms with E-state index in [1.807, 2.05) is 6.07 Å². The third-order valence-electron chi connectivity index (χ3n) is 5.00. The number of amides is 1. The molecule has 0 radical (unpaired) electrons. The molecule has 0 saturated heterocycles. The van der Waals surface area contributed by atoms with E-state index in [1.54, 1.807) is 19.1 Å². The number of rotatable bonds is 8. The summed E-state index contributed by atoms with van der Waals surface area (Å²) in [6.45, 7) is 3.84. The van der Waals surface area contributed by atoms with E-state index in [1.165, 1.54) is 19.6 Å². The van der Waals surface area contributed by atoms with Crippen molar-refractivity contribution in [3.8, 4) is 17.6 Å². The minimum absolute atomic E-state index is 0.0157. The minimum Gasteiger partial charge on any atom is -0.493 e. The van der Waals surface area contributed by atoms with Crippen LogP contribution < -0.4 is 14.8 Å². The third-order valence-corrected chi connectivity index (χ3v) is 5.58. The number of hydrogen-bond donors (Lipinski definition) is 1. The first-order valence-electron chi connectivity index (χ1n) is 9.98. The molecule has 0 heterocycles. The smallest absolute Gasteiger partial charge is 0.344 e. The molecule has 1 aromatic rings. The Bertz CT molecular complexity index is 847. The molecule has 1 N–H and O–H groups in total. The van der Waals surface area contributed by atoms with Crippen molar-refractivity contribution < 1.29 is 23.8 Å². The molecular formula is C22H27BrN2O5. The zero-order valence-electron chi connectivity index (χ0n) is 17.5. The number of ether oxygens (including phenoxy) is 3. The van der Waals surface area contributed by atoms with E-state index >= 15 is 0 Å². The second-order valence-corrected chi connectivity index (χ2v) is 7.99. The first-order valence-corrected chi connectivity index (χ1v) is 10.8. The van der Waals surface area contributed by atoms with Crippen LogP contribution in [0.1, 0.15) is 45.1 Å². The molecule has 0 unspecified atom stereocenters. The SMILES string of the molecule is CCOC(=O)COc1c(Br)cc(/C=C(\C#N)C(=O)N[C@H]2CCCC[C@H]2C)cc1OC. The maximum atomic E-state index is 12.6. The van der Waals surface area contributed by atoms with Crippen molar-refractivity contribution in [3.63, 3.8) is 0 Å². The zero-order valence-corrected chi connectivity index (χ0v) is 19.1. The summed E-state index contributed by atoms with van der Waals surface area (Å²) in [6.07, 6.45) is 5.77. The van der Waals surface area contributed by atoms with Crippen LogP contribution in [0.15, 0.2) is 22.2 Å². The average molecular weight is 479 g/mol. The van der Waals surface area contributed by atoms with Gasteiger partial charge in [0.1, 0.15) is 11.6 Å². The number of nitrogens with one attached hydrogen (secondary N) is 1. The van der Waals surface area contributed by atoms with Crippen LogP contribution in [0.2, 0.25) is 0 Å². The number of esters is 1. The van der Waals surface area contributed by atoms with E-state index in [2.05, 4.69) is 28.2 Å². The van der Waals surface area contributed by atoms with Crippen LogP contribution in [0.5, 0.6) is 11.5 Å². The summed E-state index contributed by atoms with van der Waals surface area (Å²) in [5, 5.41) is 12.5. The number of nitriles is 1. The summed E-state index contributed by atoms with van der Waals surface area (Å²) >= 11 is 3.39. The van der Waals surface area contributed by atoms with E-state index in [9.17, 15) is 14.9 Å². The molecule has 8 heteroatoms. The lowest BCUT2D eigenvalue weighted by molar-refractivity contribution is -0.145. The van der Waals surface area contributed by atoms with Crippen molar-refractivity contribution in [3.05, 3.63) is 27.7 Å². The molecule has 0 bridgehead atoms. The summed E-state index contributed by atoms with van der Waals surface area (Å²) in [5.41, 5.74) is 0.604. The number of hydrogen-bond acceptors (Lipinski definition) is 6. The van der Waals surface area contributed by atoms with Gasteiger partial charge in [-0.3, -0.25) is 4.79 Å². The lowest BCUT2D eigenvalue weighted by Gasteiger charge is -2.29. The van der Waals surface area contributed by atoms with E-state index in [0.717, 1.165) is 19.3 Å². The Balaban J connectivity index is 2.19. The lowest BCUT2D eigenvalue weighted by atomic mass is 9.86. The molecule has 7 nitrogen and oxygen atoms in total. The second-order valence-electron chi connectivity index (χ2n) is 7.14. The molecule has 30 heavy (non-hydrogen) atoms. The molecule has 0 aromatic heterocycles. The Morgan fingerprint density at radius 3 is 2.70 bits per heavy atom. The van der Waals surface area contributed by atoms with Gasteiger partial charge in [-0.25, -0.2) is 4.79 Å². The van der Waals surface area contributed by atoms with Crippen LogP contribution in [0.4, 0.5) is 0 Å². The zero-order chi connectivity index (χ0) is 22.1. The van der Waals surface area contributed by atoms with Crippen LogP contribution >= 0.6 is 15.9 Å². The number of halogens is 1. The fourth-order valence-electron chi connectivity index (χ4n) is 3.39. The monoisotopic (exact) mass is 478 g/mol. The topological polar surface area (TPSA) is 97.7 Å². The lowest BCUT2D eigenvalue weighted by Crippen LogP contribution is -2.41. The maximum absolute atomic E-state index is 12.6. The van der Waals surface area contributed by atoms with Crippen LogP contribution in [-0.2, 0) is 14.3 Å². The average Bonchev–Trinajstić information content (AvgIpc) is 2.72. The summed E-state index contributed by atoms with van der Waals surface area (Å²) in [4.78, 5) is 24.2. The van der Waals surface area contributed by atoms with Gasteiger partial charge in [0.25, 0.3) is 5.91 Å².